The Morgan fingerprint density at radius 2 is 1.52 bits per heavy atom. The molecule has 7 heteroatoms. The molecule has 0 aromatic heterocycles. The average Bonchev–Trinajstić information content (AvgIpc) is 2.73. The molecule has 0 unspecified atom stereocenters. The van der Waals surface area contributed by atoms with Gasteiger partial charge in [0, 0.05) is 6.26 Å². The maximum atomic E-state index is 12.5. The van der Waals surface area contributed by atoms with Gasteiger partial charge >= 0.3 is 0 Å². The smallest absolute Gasteiger partial charge is 0.266 e. The van der Waals surface area contributed by atoms with E-state index in [1.165, 1.54) is 25.1 Å². The highest BCUT2D eigenvalue weighted by Gasteiger charge is 2.38. The second-order valence-electron chi connectivity index (χ2n) is 5.37. The van der Waals surface area contributed by atoms with Crippen LogP contribution in [0.25, 0.3) is 0 Å². The van der Waals surface area contributed by atoms with E-state index in [9.17, 15) is 23.1 Å². The molecular weight excluding hydrogens is 318 g/mol. The number of hydrogen-bond donors (Lipinski definition) is 1. The van der Waals surface area contributed by atoms with Crippen LogP contribution in [0.1, 0.15) is 26.3 Å². The van der Waals surface area contributed by atoms with E-state index in [0.717, 1.165) is 17.2 Å². The van der Waals surface area contributed by atoms with Crippen LogP contribution in [0, 0.1) is 6.92 Å². The molecule has 0 fully saturated rings. The predicted molar refractivity (Wildman–Crippen MR) is 83.5 cm³/mol. The number of phenolic OH excluding ortho intramolecular Hbond substituents is 1. The summed E-state index contributed by atoms with van der Waals surface area (Å²) >= 11 is 0. The standard InChI is InChI=1S/C16H13NO5S/c1-9-7-10(23(2,21)22)8-13(14(9)18)17-15(19)11-5-3-4-6-12(11)16(17)20/h3-8,18H,1-2H3. The summed E-state index contributed by atoms with van der Waals surface area (Å²) in [5.74, 6) is -1.48. The number of amides is 2. The fourth-order valence-corrected chi connectivity index (χ4v) is 3.24. The molecule has 0 saturated heterocycles. The Bertz CT molecular complexity index is 927. The molecule has 2 aromatic rings. The fourth-order valence-electron chi connectivity index (χ4n) is 2.52. The number of nitrogens with zero attached hydrogens (tertiary/aromatic N) is 1. The molecule has 1 aliphatic heterocycles. The lowest BCUT2D eigenvalue weighted by Gasteiger charge is -2.18. The quantitative estimate of drug-likeness (QED) is 0.849. The van der Waals surface area contributed by atoms with Gasteiger partial charge in [-0.3, -0.25) is 9.59 Å². The van der Waals surface area contributed by atoms with Crippen LogP contribution in [-0.4, -0.2) is 31.6 Å². The zero-order chi connectivity index (χ0) is 16.9. The molecule has 0 radical (unpaired) electrons. The van der Waals surface area contributed by atoms with E-state index in [2.05, 4.69) is 0 Å². The second-order valence-corrected chi connectivity index (χ2v) is 7.39. The van der Waals surface area contributed by atoms with E-state index in [0.29, 0.717) is 0 Å². The third-order valence-corrected chi connectivity index (χ3v) is 4.81. The highest BCUT2D eigenvalue weighted by atomic mass is 32.2. The van der Waals surface area contributed by atoms with Crippen molar-refractivity contribution in [3.8, 4) is 5.75 Å². The number of carbonyl (C=O) groups excluding carboxylic acids is 2. The largest absolute Gasteiger partial charge is 0.505 e. The van der Waals surface area contributed by atoms with Crippen LogP contribution in [0.4, 0.5) is 5.69 Å². The third-order valence-electron chi connectivity index (χ3n) is 3.72. The Balaban J connectivity index is 2.23. The van der Waals surface area contributed by atoms with Crippen molar-refractivity contribution in [1.82, 2.24) is 0 Å². The normalized spacial score (nSPS) is 14.3. The minimum absolute atomic E-state index is 0.0700. The first-order valence-corrected chi connectivity index (χ1v) is 8.62. The molecule has 23 heavy (non-hydrogen) atoms. The summed E-state index contributed by atoms with van der Waals surface area (Å²) in [6.45, 7) is 1.51. The zero-order valence-corrected chi connectivity index (χ0v) is 13.2. The van der Waals surface area contributed by atoms with E-state index in [-0.39, 0.29) is 33.0 Å². The maximum absolute atomic E-state index is 12.5. The van der Waals surface area contributed by atoms with Crippen LogP contribution < -0.4 is 4.90 Å². The van der Waals surface area contributed by atoms with Crippen molar-refractivity contribution < 1.29 is 23.1 Å². The highest BCUT2D eigenvalue weighted by molar-refractivity contribution is 7.90. The molecule has 1 heterocycles. The van der Waals surface area contributed by atoms with Crippen molar-refractivity contribution in [2.75, 3.05) is 11.2 Å². The summed E-state index contributed by atoms with van der Waals surface area (Å²) in [6.07, 6.45) is 1.02. The van der Waals surface area contributed by atoms with E-state index < -0.39 is 21.7 Å². The van der Waals surface area contributed by atoms with Crippen LogP contribution in [0.2, 0.25) is 0 Å². The van der Waals surface area contributed by atoms with Gasteiger partial charge in [-0.25, -0.2) is 13.3 Å². The number of benzene rings is 2. The van der Waals surface area contributed by atoms with Crippen LogP contribution in [0.5, 0.6) is 5.75 Å². The summed E-state index contributed by atoms with van der Waals surface area (Å²) < 4.78 is 23.5. The minimum Gasteiger partial charge on any atom is -0.505 e. The van der Waals surface area contributed by atoms with E-state index >= 15 is 0 Å². The number of aromatic hydroxyl groups is 1. The van der Waals surface area contributed by atoms with E-state index in [1.807, 2.05) is 0 Å². The topological polar surface area (TPSA) is 91.8 Å². The van der Waals surface area contributed by atoms with Gasteiger partial charge in [0.05, 0.1) is 21.7 Å². The fraction of sp³-hybridized carbons (Fsp3) is 0.125. The molecule has 3 rings (SSSR count). The van der Waals surface area contributed by atoms with Crippen LogP contribution in [0.3, 0.4) is 0 Å². The monoisotopic (exact) mass is 331 g/mol. The number of hydrogen-bond acceptors (Lipinski definition) is 5. The summed E-state index contributed by atoms with van der Waals surface area (Å²) in [5.41, 5.74) is 0.578. The molecule has 1 aliphatic rings. The second kappa shape index (κ2) is 4.92. The molecule has 0 spiro atoms. The zero-order valence-electron chi connectivity index (χ0n) is 12.4. The van der Waals surface area contributed by atoms with Gasteiger partial charge in [0.2, 0.25) is 0 Å². The summed E-state index contributed by atoms with van der Waals surface area (Å²) in [5, 5.41) is 10.2. The number of fused-ring (bicyclic) bond motifs is 1. The van der Waals surface area contributed by atoms with Crippen molar-refractivity contribution in [3.63, 3.8) is 0 Å². The first-order valence-electron chi connectivity index (χ1n) is 6.73. The van der Waals surface area contributed by atoms with Gasteiger partial charge in [-0.15, -0.1) is 0 Å². The van der Waals surface area contributed by atoms with Gasteiger partial charge in [0.15, 0.2) is 9.84 Å². The molecule has 0 saturated carbocycles. The van der Waals surface area contributed by atoms with Gasteiger partial charge in [-0.05, 0) is 36.8 Å². The van der Waals surface area contributed by atoms with Crippen LogP contribution in [-0.2, 0) is 9.84 Å². The van der Waals surface area contributed by atoms with Gasteiger partial charge < -0.3 is 5.11 Å². The Labute approximate surface area is 132 Å². The molecule has 118 valence electrons. The van der Waals surface area contributed by atoms with Crippen molar-refractivity contribution in [3.05, 3.63) is 53.1 Å². The highest BCUT2D eigenvalue weighted by Crippen LogP contribution is 2.38. The Morgan fingerprint density at radius 3 is 2.00 bits per heavy atom. The third kappa shape index (κ3) is 2.29. The molecular formula is C16H13NO5S. The van der Waals surface area contributed by atoms with Crippen LogP contribution >= 0.6 is 0 Å². The van der Waals surface area contributed by atoms with Gasteiger partial charge in [-0.2, -0.15) is 0 Å². The number of anilines is 1. The van der Waals surface area contributed by atoms with Crippen molar-refractivity contribution in [1.29, 1.82) is 0 Å². The Hall–Kier alpha value is -2.67. The van der Waals surface area contributed by atoms with E-state index in [1.54, 1.807) is 12.1 Å². The van der Waals surface area contributed by atoms with Crippen molar-refractivity contribution in [2.45, 2.75) is 11.8 Å². The van der Waals surface area contributed by atoms with Gasteiger partial charge in [-0.1, -0.05) is 12.1 Å². The van der Waals surface area contributed by atoms with Crippen molar-refractivity contribution >= 4 is 27.3 Å². The SMILES string of the molecule is Cc1cc(S(C)(=O)=O)cc(N2C(=O)c3ccccc3C2=O)c1O. The molecule has 0 bridgehead atoms. The molecule has 1 N–H and O–H groups in total. The van der Waals surface area contributed by atoms with Gasteiger partial charge in [0.25, 0.3) is 11.8 Å². The number of sulfone groups is 1. The van der Waals surface area contributed by atoms with E-state index in [4.69, 9.17) is 0 Å². The number of phenols is 1. The Morgan fingerprint density at radius 1 is 1.00 bits per heavy atom. The average molecular weight is 331 g/mol. The van der Waals surface area contributed by atoms with Gasteiger partial charge in [0.1, 0.15) is 5.75 Å². The number of carbonyl (C=O) groups is 2. The first-order chi connectivity index (χ1) is 10.7. The maximum Gasteiger partial charge on any atom is 0.266 e. The molecule has 6 nitrogen and oxygen atoms in total. The predicted octanol–water partition coefficient (Wildman–Crippen LogP) is 1.90. The summed E-state index contributed by atoms with van der Waals surface area (Å²) in [4.78, 5) is 25.7. The number of rotatable bonds is 2. The minimum atomic E-state index is -3.56. The molecule has 0 aliphatic carbocycles. The molecule has 0 atom stereocenters. The van der Waals surface area contributed by atoms with Crippen molar-refractivity contribution in [2.24, 2.45) is 0 Å². The lowest BCUT2D eigenvalue weighted by atomic mass is 10.1. The molecule has 2 aromatic carbocycles. The summed E-state index contributed by atoms with van der Waals surface area (Å²) in [6, 6.07) is 8.72. The number of aryl methyl sites for hydroxylation is 1. The first kappa shape index (κ1) is 15.2. The van der Waals surface area contributed by atoms with Crippen LogP contribution in [0.15, 0.2) is 41.3 Å². The lowest BCUT2D eigenvalue weighted by Crippen LogP contribution is -2.29. The number of imide groups is 1. The molecule has 2 amide bonds. The Kier molecular flexibility index (Phi) is 3.26. The summed E-state index contributed by atoms with van der Waals surface area (Å²) in [7, 11) is -3.56. The lowest BCUT2D eigenvalue weighted by molar-refractivity contribution is 0.0925.